The van der Waals surface area contributed by atoms with Gasteiger partial charge in [-0.1, -0.05) is 24.5 Å². The number of carbonyl (C=O) groups is 1. The normalized spacial score (nSPS) is 15.2. The van der Waals surface area contributed by atoms with E-state index in [0.29, 0.717) is 76.4 Å². The van der Waals surface area contributed by atoms with Crippen LogP contribution in [0.2, 0.25) is 0 Å². The Morgan fingerprint density at radius 3 is 2.40 bits per heavy atom. The van der Waals surface area contributed by atoms with E-state index in [-0.39, 0.29) is 5.91 Å². The number of hydrogen-bond donors (Lipinski definition) is 1. The molecule has 6 rings (SSSR count). The molecule has 0 saturated carbocycles. The van der Waals surface area contributed by atoms with Crippen molar-refractivity contribution in [2.75, 3.05) is 96.4 Å². The zero-order chi connectivity index (χ0) is 34.5. The van der Waals surface area contributed by atoms with E-state index in [0.717, 1.165) is 96.3 Å². The van der Waals surface area contributed by atoms with Gasteiger partial charge in [0.05, 0.1) is 39.1 Å². The molecule has 50 heavy (non-hydrogen) atoms. The van der Waals surface area contributed by atoms with E-state index in [2.05, 4.69) is 51.2 Å². The molecule has 0 atom stereocenters. The molecular formula is C39H48ClN3O7. The van der Waals surface area contributed by atoms with Crippen LogP contribution in [-0.2, 0) is 25.6 Å². The van der Waals surface area contributed by atoms with Gasteiger partial charge in [0.1, 0.15) is 24.6 Å². The lowest BCUT2D eigenvalue weighted by Crippen LogP contribution is -2.39. The number of benzene rings is 3. The van der Waals surface area contributed by atoms with Crippen LogP contribution >= 0.6 is 11.6 Å². The van der Waals surface area contributed by atoms with Crippen molar-refractivity contribution in [3.05, 3.63) is 71.1 Å². The second kappa shape index (κ2) is 18.6. The lowest BCUT2D eigenvalue weighted by Gasteiger charge is -2.29. The molecule has 0 aromatic heterocycles. The van der Waals surface area contributed by atoms with Gasteiger partial charge in [-0.05, 0) is 48.7 Å². The first-order valence-corrected chi connectivity index (χ1v) is 18.4. The Hall–Kier alpha value is -3.51. The maximum Gasteiger partial charge on any atom is 0.251 e. The molecule has 4 aliphatic rings. The third-order valence-electron chi connectivity index (χ3n) is 9.31. The van der Waals surface area contributed by atoms with Crippen LogP contribution in [0.4, 0.5) is 5.69 Å². The fourth-order valence-electron chi connectivity index (χ4n) is 6.61. The number of halogens is 1. The van der Waals surface area contributed by atoms with Gasteiger partial charge in [-0.25, -0.2) is 4.58 Å². The number of fused-ring (bicyclic) bond motifs is 2. The third kappa shape index (κ3) is 9.23. The Bertz CT molecular complexity index is 1750. The summed E-state index contributed by atoms with van der Waals surface area (Å²) in [7, 11) is 0. The summed E-state index contributed by atoms with van der Waals surface area (Å²) in [5.74, 6) is 1.21. The van der Waals surface area contributed by atoms with Crippen molar-refractivity contribution in [3.8, 4) is 22.5 Å². The van der Waals surface area contributed by atoms with E-state index < -0.39 is 6.61 Å². The van der Waals surface area contributed by atoms with E-state index >= 15 is 0 Å². The Morgan fingerprint density at radius 1 is 0.840 bits per heavy atom. The van der Waals surface area contributed by atoms with Crippen LogP contribution in [-0.4, -0.2) is 97.4 Å². The Morgan fingerprint density at radius 2 is 1.60 bits per heavy atom. The number of hydrogen-bond acceptors (Lipinski definition) is 8. The fraction of sp³-hybridized carbons (Fsp3) is 0.487. The minimum Gasteiger partial charge on any atom is -0.851 e. The fourth-order valence-corrected chi connectivity index (χ4v) is 6.79. The summed E-state index contributed by atoms with van der Waals surface area (Å²) in [5.41, 5.74) is 5.43. The number of carbonyl (C=O) groups excluding carboxylic acids is 1. The number of anilines is 1. The van der Waals surface area contributed by atoms with Crippen molar-refractivity contribution in [3.63, 3.8) is 0 Å². The molecule has 0 bridgehead atoms. The van der Waals surface area contributed by atoms with Gasteiger partial charge in [-0.15, -0.1) is 18.2 Å². The monoisotopic (exact) mass is 705 g/mol. The van der Waals surface area contributed by atoms with Crippen molar-refractivity contribution in [2.24, 2.45) is 0 Å². The number of ether oxygens (including phenoxy) is 4. The van der Waals surface area contributed by atoms with Gasteiger partial charge in [0.2, 0.25) is 5.36 Å². The molecule has 2 aromatic carbocycles. The summed E-state index contributed by atoms with van der Waals surface area (Å²) in [6, 6.07) is 17.9. The Labute approximate surface area is 298 Å². The number of alkyl halides is 1. The van der Waals surface area contributed by atoms with Crippen LogP contribution in [0.1, 0.15) is 41.6 Å². The van der Waals surface area contributed by atoms with Crippen LogP contribution in [0.15, 0.2) is 59.0 Å². The average molecular weight is 706 g/mol. The first-order valence-electron chi connectivity index (χ1n) is 17.9. The molecule has 2 aromatic rings. The molecule has 1 amide bonds. The van der Waals surface area contributed by atoms with Crippen molar-refractivity contribution in [2.45, 2.75) is 32.3 Å². The Balaban J connectivity index is 1.20. The maximum atomic E-state index is 13.1. The van der Waals surface area contributed by atoms with E-state index in [1.165, 1.54) is 0 Å². The van der Waals surface area contributed by atoms with Crippen LogP contribution in [0, 0.1) is 0 Å². The highest BCUT2D eigenvalue weighted by molar-refractivity contribution is 6.17. The van der Waals surface area contributed by atoms with Gasteiger partial charge in [0.25, 0.3) is 5.91 Å². The molecule has 1 aliphatic carbocycles. The van der Waals surface area contributed by atoms with Crippen molar-refractivity contribution >= 4 is 34.2 Å². The van der Waals surface area contributed by atoms with Gasteiger partial charge < -0.3 is 38.7 Å². The lowest BCUT2D eigenvalue weighted by molar-refractivity contribution is -0.386. The largest absolute Gasteiger partial charge is 0.851 e. The third-order valence-corrected chi connectivity index (χ3v) is 9.58. The SMILES string of the molecule is O=C(NCCOCCOCCCCCCCl)c1ccc(-c2c3ccc(=[N+]4CCOCC4)cc-3oc3cc(N4CCOCC4)ccc23)c(C[O-])c1. The highest BCUT2D eigenvalue weighted by Gasteiger charge is 2.22. The second-order valence-corrected chi connectivity index (χ2v) is 13.0. The summed E-state index contributed by atoms with van der Waals surface area (Å²) in [6.07, 6.45) is 4.32. The molecule has 0 radical (unpaired) electrons. The smallest absolute Gasteiger partial charge is 0.251 e. The minimum absolute atomic E-state index is 0.244. The van der Waals surface area contributed by atoms with E-state index in [1.54, 1.807) is 12.1 Å². The van der Waals surface area contributed by atoms with Crippen LogP contribution in [0.25, 0.3) is 33.4 Å². The summed E-state index contributed by atoms with van der Waals surface area (Å²) >= 11 is 5.71. The highest BCUT2D eigenvalue weighted by atomic mass is 35.5. The predicted octanol–water partition coefficient (Wildman–Crippen LogP) is 4.27. The van der Waals surface area contributed by atoms with Crippen LogP contribution in [0.3, 0.4) is 0 Å². The molecule has 10 nitrogen and oxygen atoms in total. The molecule has 3 aliphatic heterocycles. The predicted molar refractivity (Wildman–Crippen MR) is 194 cm³/mol. The molecule has 11 heteroatoms. The molecule has 3 heterocycles. The number of rotatable bonds is 16. The van der Waals surface area contributed by atoms with Crippen molar-refractivity contribution < 1.29 is 33.3 Å². The first kappa shape index (κ1) is 36.3. The van der Waals surface area contributed by atoms with E-state index in [1.807, 2.05) is 6.07 Å². The molecule has 1 N–H and O–H groups in total. The van der Waals surface area contributed by atoms with E-state index in [4.69, 9.17) is 35.0 Å². The zero-order valence-corrected chi connectivity index (χ0v) is 29.5. The molecule has 268 valence electrons. The summed E-state index contributed by atoms with van der Waals surface area (Å²) in [6.45, 7) is 7.98. The quantitative estimate of drug-likeness (QED) is 0.0798. The maximum absolute atomic E-state index is 13.1. The van der Waals surface area contributed by atoms with Gasteiger partial charge in [-0.3, -0.25) is 4.79 Å². The minimum atomic E-state index is -0.473. The van der Waals surface area contributed by atoms with Gasteiger partial charge in [0.15, 0.2) is 13.1 Å². The summed E-state index contributed by atoms with van der Waals surface area (Å²) in [4.78, 5) is 15.4. The number of amides is 1. The standard InChI is InChI=1S/C39H48ClN3O7/c40-11-3-1-2-4-17-46-23-24-47-18-12-41-39(45)29-5-8-33(30(25-29)28-44)38-34-9-6-31(42-13-19-48-20-14-42)26-36(34)50-37-27-32(7-10-35(37)38)43-15-21-49-22-16-43/h5-10,25-27H,1-4,11-24,28H2,(H,41,45). The molecule has 2 saturated heterocycles. The highest BCUT2D eigenvalue weighted by Crippen LogP contribution is 2.42. The zero-order valence-electron chi connectivity index (χ0n) is 28.8. The van der Waals surface area contributed by atoms with Crippen LogP contribution < -0.4 is 25.3 Å². The van der Waals surface area contributed by atoms with Gasteiger partial charge in [-0.2, -0.15) is 0 Å². The summed E-state index contributed by atoms with van der Waals surface area (Å²) in [5, 5.41) is 17.6. The first-order chi connectivity index (χ1) is 24.7. The van der Waals surface area contributed by atoms with Gasteiger partial charge >= 0.3 is 0 Å². The number of nitrogens with one attached hydrogen (secondary N) is 1. The van der Waals surface area contributed by atoms with Crippen molar-refractivity contribution in [1.29, 1.82) is 0 Å². The van der Waals surface area contributed by atoms with Gasteiger partial charge in [0, 0.05) is 72.0 Å². The van der Waals surface area contributed by atoms with E-state index in [9.17, 15) is 9.90 Å². The average Bonchev–Trinajstić information content (AvgIpc) is 3.17. The van der Waals surface area contributed by atoms with Crippen LogP contribution in [0.5, 0.6) is 0 Å². The number of unbranched alkanes of at least 4 members (excludes halogenated alkanes) is 3. The van der Waals surface area contributed by atoms with Crippen molar-refractivity contribution in [1.82, 2.24) is 9.89 Å². The number of nitrogens with zero attached hydrogens (tertiary/aromatic N) is 2. The summed E-state index contributed by atoms with van der Waals surface area (Å²) < 4.78 is 31.3. The molecule has 0 unspecified atom stereocenters. The Kier molecular flexibility index (Phi) is 13.5. The second-order valence-electron chi connectivity index (χ2n) is 12.6. The molecule has 0 spiro atoms. The molecular weight excluding hydrogens is 658 g/mol. The molecule has 2 fully saturated rings. The lowest BCUT2D eigenvalue weighted by atomic mass is 9.90. The topological polar surface area (TPSA) is 108 Å². The number of morpholine rings is 2.